The number of Topliss-reactive ketones (excluding diaryl/α,β-unsaturated/α-hetero) is 1. The van der Waals surface area contributed by atoms with Gasteiger partial charge in [-0.3, -0.25) is 9.59 Å². The summed E-state index contributed by atoms with van der Waals surface area (Å²) in [6.07, 6.45) is 11.6. The van der Waals surface area contributed by atoms with Crippen LogP contribution < -0.4 is 5.32 Å². The van der Waals surface area contributed by atoms with Crippen molar-refractivity contribution in [3.05, 3.63) is 59.3 Å². The van der Waals surface area contributed by atoms with E-state index in [-0.39, 0.29) is 12.2 Å². The van der Waals surface area contributed by atoms with Crippen molar-refractivity contribution in [3.63, 3.8) is 0 Å². The first-order valence-corrected chi connectivity index (χ1v) is 12.0. The lowest BCUT2D eigenvalue weighted by Gasteiger charge is -2.27. The quantitative estimate of drug-likeness (QED) is 0.255. The van der Waals surface area contributed by atoms with Crippen molar-refractivity contribution < 1.29 is 19.4 Å². The Morgan fingerprint density at radius 2 is 1.81 bits per heavy atom. The summed E-state index contributed by atoms with van der Waals surface area (Å²) >= 11 is 0. The SMILES string of the molecule is CC(NCC[C@@H]1[C@H](C/C=C\CCCC(=O)O)[C@@H]2CC[C@H]1O2)=C(C)C(=O)Cc1ccccc1. The maximum absolute atomic E-state index is 12.6. The summed E-state index contributed by atoms with van der Waals surface area (Å²) in [4.78, 5) is 23.2. The number of allylic oxidation sites excluding steroid dienone is 4. The molecule has 2 saturated heterocycles. The van der Waals surface area contributed by atoms with E-state index in [2.05, 4.69) is 17.5 Å². The highest BCUT2D eigenvalue weighted by Gasteiger charge is 2.47. The van der Waals surface area contributed by atoms with Gasteiger partial charge in [0.1, 0.15) is 0 Å². The van der Waals surface area contributed by atoms with E-state index in [0.717, 1.165) is 55.5 Å². The molecule has 4 atom stereocenters. The Morgan fingerprint density at radius 3 is 2.53 bits per heavy atom. The van der Waals surface area contributed by atoms with E-state index in [1.165, 1.54) is 0 Å². The maximum atomic E-state index is 12.6. The molecule has 5 heteroatoms. The molecule has 174 valence electrons. The molecule has 0 aliphatic carbocycles. The van der Waals surface area contributed by atoms with E-state index in [1.54, 1.807) is 0 Å². The van der Waals surface area contributed by atoms with E-state index >= 15 is 0 Å². The van der Waals surface area contributed by atoms with Crippen LogP contribution in [0.25, 0.3) is 0 Å². The number of fused-ring (bicyclic) bond motifs is 2. The van der Waals surface area contributed by atoms with Gasteiger partial charge in [-0.05, 0) is 69.8 Å². The predicted octanol–water partition coefficient (Wildman–Crippen LogP) is 5.07. The number of carbonyl (C=O) groups excluding carboxylic acids is 1. The summed E-state index contributed by atoms with van der Waals surface area (Å²) in [5.74, 6) is 0.513. The Labute approximate surface area is 191 Å². The fourth-order valence-corrected chi connectivity index (χ4v) is 5.02. The van der Waals surface area contributed by atoms with Crippen molar-refractivity contribution in [1.82, 2.24) is 5.32 Å². The maximum Gasteiger partial charge on any atom is 0.303 e. The molecular weight excluding hydrogens is 402 g/mol. The Morgan fingerprint density at radius 1 is 1.09 bits per heavy atom. The van der Waals surface area contributed by atoms with Crippen LogP contribution in [0.1, 0.15) is 64.4 Å². The number of hydrogen-bond donors (Lipinski definition) is 2. The molecule has 2 fully saturated rings. The molecule has 2 aliphatic heterocycles. The van der Waals surface area contributed by atoms with Crippen LogP contribution in [0.3, 0.4) is 0 Å². The summed E-state index contributed by atoms with van der Waals surface area (Å²) in [6, 6.07) is 9.87. The fourth-order valence-electron chi connectivity index (χ4n) is 5.02. The molecule has 2 aliphatic rings. The van der Waals surface area contributed by atoms with Gasteiger partial charge < -0.3 is 15.2 Å². The van der Waals surface area contributed by atoms with Crippen LogP contribution in [0.5, 0.6) is 0 Å². The largest absolute Gasteiger partial charge is 0.481 e. The minimum absolute atomic E-state index is 0.162. The molecule has 2 N–H and O–H groups in total. The molecule has 32 heavy (non-hydrogen) atoms. The van der Waals surface area contributed by atoms with Gasteiger partial charge >= 0.3 is 5.97 Å². The number of hydrogen-bond acceptors (Lipinski definition) is 4. The first-order chi connectivity index (χ1) is 15.5. The summed E-state index contributed by atoms with van der Waals surface area (Å²) in [5.41, 5.74) is 2.81. The van der Waals surface area contributed by atoms with Crippen molar-refractivity contribution in [2.45, 2.75) is 77.4 Å². The number of nitrogens with one attached hydrogen (secondary N) is 1. The number of carboxylic acids is 1. The van der Waals surface area contributed by atoms with Crippen molar-refractivity contribution in [2.75, 3.05) is 6.54 Å². The zero-order valence-corrected chi connectivity index (χ0v) is 19.4. The number of benzene rings is 1. The summed E-state index contributed by atoms with van der Waals surface area (Å²) in [6.45, 7) is 4.75. The smallest absolute Gasteiger partial charge is 0.303 e. The van der Waals surface area contributed by atoms with Crippen LogP contribution in [0.4, 0.5) is 0 Å². The van der Waals surface area contributed by atoms with Crippen LogP contribution >= 0.6 is 0 Å². The van der Waals surface area contributed by atoms with Crippen LogP contribution in [0.2, 0.25) is 0 Å². The van der Waals surface area contributed by atoms with Crippen molar-refractivity contribution in [3.8, 4) is 0 Å². The van der Waals surface area contributed by atoms with Crippen LogP contribution in [0, 0.1) is 11.8 Å². The molecule has 0 spiro atoms. The standard InChI is InChI=1S/C27H37NO4/c1-19(24(29)18-21-10-6-5-7-11-21)20(2)28-17-16-23-22(25-14-15-26(23)32-25)12-8-3-4-9-13-27(30)31/h3,5-8,10-11,22-23,25-26,28H,4,9,12-18H2,1-2H3,(H,30,31)/b8-3-,20-19?/t22-,23+,25-,26+/m0/s1. The summed E-state index contributed by atoms with van der Waals surface area (Å²) < 4.78 is 6.21. The van der Waals surface area contributed by atoms with E-state index in [4.69, 9.17) is 9.84 Å². The number of ether oxygens (including phenoxy) is 1. The molecule has 2 bridgehead atoms. The molecule has 0 radical (unpaired) electrons. The lowest BCUT2D eigenvalue weighted by molar-refractivity contribution is -0.137. The van der Waals surface area contributed by atoms with Gasteiger partial charge in [-0.1, -0.05) is 42.5 Å². The highest BCUT2D eigenvalue weighted by molar-refractivity contribution is 5.96. The van der Waals surface area contributed by atoms with Gasteiger partial charge in [0.05, 0.1) is 12.2 Å². The normalized spacial score (nSPS) is 25.2. The molecule has 0 saturated carbocycles. The highest BCUT2D eigenvalue weighted by Crippen LogP contribution is 2.46. The highest BCUT2D eigenvalue weighted by atomic mass is 16.5. The predicted molar refractivity (Wildman–Crippen MR) is 126 cm³/mol. The topological polar surface area (TPSA) is 75.6 Å². The third kappa shape index (κ3) is 6.80. The molecule has 5 nitrogen and oxygen atoms in total. The molecule has 2 heterocycles. The summed E-state index contributed by atoms with van der Waals surface area (Å²) in [7, 11) is 0. The minimum atomic E-state index is -0.728. The second-order valence-corrected chi connectivity index (χ2v) is 9.16. The van der Waals surface area contributed by atoms with Gasteiger partial charge in [0.25, 0.3) is 0 Å². The molecule has 3 rings (SSSR count). The Balaban J connectivity index is 1.45. The molecule has 1 aromatic rings. The monoisotopic (exact) mass is 439 g/mol. The van der Waals surface area contributed by atoms with Gasteiger partial charge in [-0.25, -0.2) is 0 Å². The molecule has 0 amide bonds. The number of carboxylic acid groups (broad SMARTS) is 1. The molecule has 0 unspecified atom stereocenters. The average molecular weight is 440 g/mol. The van der Waals surface area contributed by atoms with Crippen LogP contribution in [-0.4, -0.2) is 35.6 Å². The zero-order valence-electron chi connectivity index (χ0n) is 19.4. The third-order valence-electron chi connectivity index (χ3n) is 6.98. The van der Waals surface area contributed by atoms with Gasteiger partial charge in [0, 0.05) is 30.7 Å². The molecular formula is C27H37NO4. The molecule has 1 aromatic carbocycles. The Bertz CT molecular complexity index is 829. The number of unbranched alkanes of at least 4 members (excludes halogenated alkanes) is 1. The number of carbonyl (C=O) groups is 2. The Hall–Kier alpha value is -2.40. The lowest BCUT2D eigenvalue weighted by Crippen LogP contribution is -2.30. The van der Waals surface area contributed by atoms with Gasteiger partial charge in [-0.2, -0.15) is 0 Å². The van der Waals surface area contributed by atoms with E-state index in [0.29, 0.717) is 36.9 Å². The van der Waals surface area contributed by atoms with Crippen molar-refractivity contribution in [1.29, 1.82) is 0 Å². The van der Waals surface area contributed by atoms with Gasteiger partial charge in [-0.15, -0.1) is 0 Å². The average Bonchev–Trinajstić information content (AvgIpc) is 3.38. The zero-order chi connectivity index (χ0) is 22.9. The third-order valence-corrected chi connectivity index (χ3v) is 6.98. The molecule has 0 aromatic heterocycles. The van der Waals surface area contributed by atoms with E-state index in [1.807, 2.05) is 44.2 Å². The first-order valence-electron chi connectivity index (χ1n) is 12.0. The number of ketones is 1. The minimum Gasteiger partial charge on any atom is -0.481 e. The first kappa shape index (κ1) is 24.2. The van der Waals surface area contributed by atoms with Crippen molar-refractivity contribution >= 4 is 11.8 Å². The lowest BCUT2D eigenvalue weighted by atomic mass is 9.76. The Kier molecular flexibility index (Phi) is 9.10. The van der Waals surface area contributed by atoms with E-state index in [9.17, 15) is 9.59 Å². The fraction of sp³-hybridized carbons (Fsp3) is 0.556. The summed E-state index contributed by atoms with van der Waals surface area (Å²) in [5, 5.41) is 12.2. The number of aliphatic carboxylic acids is 1. The second-order valence-electron chi connectivity index (χ2n) is 9.16. The van der Waals surface area contributed by atoms with Gasteiger partial charge in [0.15, 0.2) is 5.78 Å². The van der Waals surface area contributed by atoms with Gasteiger partial charge in [0.2, 0.25) is 0 Å². The van der Waals surface area contributed by atoms with Crippen LogP contribution in [0.15, 0.2) is 53.8 Å². The number of rotatable bonds is 13. The van der Waals surface area contributed by atoms with Crippen molar-refractivity contribution in [2.24, 2.45) is 11.8 Å². The van der Waals surface area contributed by atoms with Crippen LogP contribution in [-0.2, 0) is 20.7 Å². The van der Waals surface area contributed by atoms with E-state index < -0.39 is 5.97 Å². The second kappa shape index (κ2) is 12.0.